The molecule has 9 unspecified atom stereocenters. The molecule has 3 fully saturated rings. The van der Waals surface area contributed by atoms with E-state index in [0.29, 0.717) is 18.4 Å². The Balaban J connectivity index is 1.51. The lowest BCUT2D eigenvalue weighted by atomic mass is 9.43. The number of nitrogens with one attached hydrogen (secondary N) is 1. The van der Waals surface area contributed by atoms with Crippen LogP contribution in [0, 0.1) is 22.7 Å². The van der Waals surface area contributed by atoms with Gasteiger partial charge in [-0.25, -0.2) is 9.59 Å². The van der Waals surface area contributed by atoms with E-state index in [4.69, 9.17) is 14.2 Å². The zero-order chi connectivity index (χ0) is 35.1. The second-order valence-corrected chi connectivity index (χ2v) is 15.7. The Morgan fingerprint density at radius 1 is 1.11 bits per heavy atom. The monoisotopic (exact) mass is 659 g/mol. The van der Waals surface area contributed by atoms with Gasteiger partial charge in [0.15, 0.2) is 11.9 Å². The van der Waals surface area contributed by atoms with Crippen LogP contribution in [0.3, 0.4) is 0 Å². The quantitative estimate of drug-likeness (QED) is 0.201. The van der Waals surface area contributed by atoms with Crippen molar-refractivity contribution < 1.29 is 54.1 Å². The van der Waals surface area contributed by atoms with Gasteiger partial charge in [0.1, 0.15) is 29.2 Å². The van der Waals surface area contributed by atoms with Crippen LogP contribution >= 0.6 is 0 Å². The number of carbonyl (C=O) groups is 3. The Kier molecular flexibility index (Phi) is 8.67. The average Bonchev–Trinajstić information content (AvgIpc) is 2.95. The minimum atomic E-state index is -1.96. The maximum Gasteiger partial charge on any atom is 0.408 e. The minimum Gasteiger partial charge on any atom is -0.508 e. The van der Waals surface area contributed by atoms with Crippen LogP contribution in [0.25, 0.3) is 0 Å². The van der Waals surface area contributed by atoms with Crippen molar-refractivity contribution in [3.8, 4) is 5.75 Å². The van der Waals surface area contributed by atoms with Gasteiger partial charge >= 0.3 is 12.1 Å². The van der Waals surface area contributed by atoms with E-state index in [1.807, 2.05) is 0 Å². The number of aliphatic hydroxyl groups is 4. The molecule has 260 valence electrons. The summed E-state index contributed by atoms with van der Waals surface area (Å²) in [5.74, 6) is -3.17. The van der Waals surface area contributed by atoms with Crippen molar-refractivity contribution in [3.05, 3.63) is 41.0 Å². The number of benzene rings is 1. The molecular weight excluding hydrogens is 610 g/mol. The Labute approximate surface area is 275 Å². The number of amides is 1. The van der Waals surface area contributed by atoms with Crippen molar-refractivity contribution in [2.45, 2.75) is 122 Å². The van der Waals surface area contributed by atoms with E-state index in [1.165, 1.54) is 24.3 Å². The second-order valence-electron chi connectivity index (χ2n) is 15.7. The van der Waals surface area contributed by atoms with Crippen molar-refractivity contribution >= 4 is 17.8 Å². The molecule has 1 aliphatic heterocycles. The number of esters is 1. The third-order valence-corrected chi connectivity index (χ3v) is 11.5. The SMILES string of the molecule is CC1=C2C(O)C(=O)[C@]3(C)CCC4OCC4(O)C3C(C)C(O)(CC1OC(=O)C(O)C(NC(=O)OC(C)(C)C)c1ccc(O)cc1)C2(C)C. The molecule has 47 heavy (non-hydrogen) atoms. The summed E-state index contributed by atoms with van der Waals surface area (Å²) >= 11 is 0. The van der Waals surface area contributed by atoms with E-state index in [9.17, 15) is 39.9 Å². The molecule has 1 aromatic rings. The molecule has 0 spiro atoms. The minimum absolute atomic E-state index is 0.00221. The highest BCUT2D eigenvalue weighted by atomic mass is 16.6. The van der Waals surface area contributed by atoms with E-state index in [2.05, 4.69) is 5.32 Å². The summed E-state index contributed by atoms with van der Waals surface area (Å²) in [5.41, 5.74) is -5.42. The number of ether oxygens (including phenoxy) is 3. The van der Waals surface area contributed by atoms with Gasteiger partial charge in [0.2, 0.25) is 0 Å². The molecule has 1 amide bonds. The number of carbonyl (C=O) groups excluding carboxylic acids is 3. The zero-order valence-electron chi connectivity index (χ0n) is 28.4. The lowest BCUT2D eigenvalue weighted by molar-refractivity contribution is -0.320. The maximum atomic E-state index is 14.2. The number of Topliss-reactive ketones (excluding diaryl/α,β-unsaturated/α-hetero) is 1. The Hall–Kier alpha value is -3.03. The summed E-state index contributed by atoms with van der Waals surface area (Å²) in [6.07, 6.45) is -5.54. The molecule has 5 rings (SSSR count). The molecule has 2 saturated carbocycles. The van der Waals surface area contributed by atoms with Gasteiger partial charge in [-0.3, -0.25) is 4.79 Å². The lowest BCUT2D eigenvalue weighted by Gasteiger charge is -2.66. The molecular formula is C35H49NO11. The highest BCUT2D eigenvalue weighted by molar-refractivity contribution is 5.92. The number of fused-ring (bicyclic) bond motifs is 5. The molecule has 1 saturated heterocycles. The van der Waals surface area contributed by atoms with E-state index >= 15 is 0 Å². The van der Waals surface area contributed by atoms with Crippen molar-refractivity contribution in [2.75, 3.05) is 6.61 Å². The van der Waals surface area contributed by atoms with Gasteiger partial charge in [-0.15, -0.1) is 0 Å². The smallest absolute Gasteiger partial charge is 0.408 e. The Bertz CT molecular complexity index is 1460. The van der Waals surface area contributed by atoms with E-state index in [-0.39, 0.29) is 29.9 Å². The summed E-state index contributed by atoms with van der Waals surface area (Å²) in [5, 5.41) is 60.0. The first-order valence-corrected chi connectivity index (χ1v) is 16.3. The Morgan fingerprint density at radius 2 is 1.72 bits per heavy atom. The molecule has 2 bridgehead atoms. The number of ketones is 1. The van der Waals surface area contributed by atoms with Crippen LogP contribution in [-0.2, 0) is 23.8 Å². The molecule has 1 heterocycles. The van der Waals surface area contributed by atoms with Crippen molar-refractivity contribution in [2.24, 2.45) is 22.7 Å². The van der Waals surface area contributed by atoms with Gasteiger partial charge < -0.3 is 45.1 Å². The van der Waals surface area contributed by atoms with E-state index < -0.39 is 87.8 Å². The fraction of sp³-hybridized carbons (Fsp3) is 0.686. The van der Waals surface area contributed by atoms with Gasteiger partial charge in [0.05, 0.1) is 24.4 Å². The van der Waals surface area contributed by atoms with Gasteiger partial charge in [-0.2, -0.15) is 0 Å². The zero-order valence-corrected chi connectivity index (χ0v) is 28.4. The predicted molar refractivity (Wildman–Crippen MR) is 168 cm³/mol. The number of rotatable bonds is 5. The van der Waals surface area contributed by atoms with Crippen molar-refractivity contribution in [1.82, 2.24) is 5.32 Å². The van der Waals surface area contributed by atoms with Crippen LogP contribution in [0.5, 0.6) is 5.75 Å². The largest absolute Gasteiger partial charge is 0.508 e. The second kappa shape index (κ2) is 11.5. The van der Waals surface area contributed by atoms with Gasteiger partial charge in [-0.05, 0) is 75.3 Å². The lowest BCUT2D eigenvalue weighted by Crippen LogP contribution is -2.76. The summed E-state index contributed by atoms with van der Waals surface area (Å²) in [6.45, 7) is 13.6. The van der Waals surface area contributed by atoms with Crippen molar-refractivity contribution in [1.29, 1.82) is 0 Å². The fourth-order valence-electron chi connectivity index (χ4n) is 8.95. The molecule has 0 aromatic heterocycles. The van der Waals surface area contributed by atoms with Gasteiger partial charge in [-0.1, -0.05) is 39.8 Å². The summed E-state index contributed by atoms with van der Waals surface area (Å²) in [7, 11) is 0. The van der Waals surface area contributed by atoms with Crippen molar-refractivity contribution in [3.63, 3.8) is 0 Å². The Morgan fingerprint density at radius 3 is 2.28 bits per heavy atom. The first-order chi connectivity index (χ1) is 21.6. The first kappa shape index (κ1) is 35.3. The van der Waals surface area contributed by atoms with Crippen LogP contribution in [-0.4, -0.2) is 91.2 Å². The van der Waals surface area contributed by atoms with Crippen LogP contribution in [0.2, 0.25) is 0 Å². The highest BCUT2D eigenvalue weighted by Gasteiger charge is 2.72. The molecule has 0 radical (unpaired) electrons. The third-order valence-electron chi connectivity index (χ3n) is 11.5. The predicted octanol–water partition coefficient (Wildman–Crippen LogP) is 2.83. The average molecular weight is 660 g/mol. The van der Waals surface area contributed by atoms with Crippen LogP contribution in [0.15, 0.2) is 35.4 Å². The van der Waals surface area contributed by atoms with Crippen LogP contribution < -0.4 is 5.32 Å². The standard InChI is InChI=1S/C35H49NO11/c1-17-21(46-29(41)26(39)24(19-9-11-20(37)12-10-19)36-30(42)47-31(3,4)5)15-35(44)18(2)27-33(8,14-13-22-34(27,43)16-45-22)28(40)25(38)23(17)32(35,6)7/h9-12,18,21-22,24-27,37-39,43-44H,13-16H2,1-8H3,(H,36,42)/t18?,21?,22?,24?,25?,26?,27?,33-,34?,35?/m1/s1. The maximum absolute atomic E-state index is 14.2. The molecule has 6 N–H and O–H groups in total. The van der Waals surface area contributed by atoms with E-state index in [1.54, 1.807) is 55.4 Å². The topological polar surface area (TPSA) is 192 Å². The summed E-state index contributed by atoms with van der Waals surface area (Å²) in [4.78, 5) is 40.7. The molecule has 10 atom stereocenters. The fourth-order valence-corrected chi connectivity index (χ4v) is 8.95. The number of aromatic hydroxyl groups is 1. The number of hydrogen-bond acceptors (Lipinski definition) is 11. The molecule has 4 aliphatic rings. The summed E-state index contributed by atoms with van der Waals surface area (Å²) in [6, 6.07) is 4.18. The number of alkyl carbamates (subject to hydrolysis) is 1. The third kappa shape index (κ3) is 5.55. The number of hydrogen-bond donors (Lipinski definition) is 6. The normalized spacial score (nSPS) is 37.6. The first-order valence-electron chi connectivity index (χ1n) is 16.3. The molecule has 12 heteroatoms. The van der Waals surface area contributed by atoms with Crippen LogP contribution in [0.1, 0.15) is 86.3 Å². The number of aliphatic hydroxyl groups excluding tert-OH is 2. The molecule has 3 aliphatic carbocycles. The summed E-state index contributed by atoms with van der Waals surface area (Å²) < 4.78 is 16.9. The molecule has 1 aromatic carbocycles. The molecule has 12 nitrogen and oxygen atoms in total. The van der Waals surface area contributed by atoms with Crippen LogP contribution in [0.4, 0.5) is 4.79 Å². The van der Waals surface area contributed by atoms with E-state index in [0.717, 1.165) is 0 Å². The number of phenolic OH excluding ortho intramolecular Hbond substituents is 1. The number of phenols is 1. The van der Waals surface area contributed by atoms with Gasteiger partial charge in [0, 0.05) is 23.2 Å². The highest BCUT2D eigenvalue weighted by Crippen LogP contribution is 2.64. The van der Waals surface area contributed by atoms with Gasteiger partial charge in [0.25, 0.3) is 0 Å².